The number of rotatable bonds is 6. The molecule has 3 aromatic rings. The molecule has 4 rings (SSSR count). The summed E-state index contributed by atoms with van der Waals surface area (Å²) in [6.45, 7) is 3.48. The summed E-state index contributed by atoms with van der Waals surface area (Å²) in [6, 6.07) is 8.23. The predicted molar refractivity (Wildman–Crippen MR) is 110 cm³/mol. The highest BCUT2D eigenvalue weighted by atomic mass is 16.4. The van der Waals surface area contributed by atoms with Gasteiger partial charge in [-0.1, -0.05) is 18.2 Å². The minimum atomic E-state index is -0.237. The second-order valence-electron chi connectivity index (χ2n) is 7.75. The Kier molecular flexibility index (Phi) is 5.38. The van der Waals surface area contributed by atoms with Gasteiger partial charge in [0.1, 0.15) is 0 Å². The zero-order valence-corrected chi connectivity index (χ0v) is 16.7. The summed E-state index contributed by atoms with van der Waals surface area (Å²) in [5, 5.41) is 7.28. The number of nitrogens with one attached hydrogen (secondary N) is 3. The molecule has 1 saturated carbocycles. The fourth-order valence-electron chi connectivity index (χ4n) is 4.12. The van der Waals surface area contributed by atoms with Gasteiger partial charge in [-0.05, 0) is 44.2 Å². The van der Waals surface area contributed by atoms with Crippen LogP contribution in [0.5, 0.6) is 0 Å². The second kappa shape index (κ2) is 8.11. The Morgan fingerprint density at radius 1 is 1.17 bits per heavy atom. The van der Waals surface area contributed by atoms with E-state index in [1.807, 2.05) is 24.4 Å². The molecule has 2 amide bonds. The second-order valence-corrected chi connectivity index (χ2v) is 7.75. The summed E-state index contributed by atoms with van der Waals surface area (Å²) in [5.41, 5.74) is 2.85. The molecule has 1 aliphatic carbocycles. The number of amides is 2. The number of oxazole rings is 1. The average Bonchev–Trinajstić information content (AvgIpc) is 3.39. The summed E-state index contributed by atoms with van der Waals surface area (Å²) >= 11 is 0. The maximum Gasteiger partial charge on any atom is 0.289 e. The Hall–Kier alpha value is -3.09. The van der Waals surface area contributed by atoms with E-state index in [0.717, 1.165) is 30.3 Å². The topological polar surface area (TPSA) is 100 Å². The highest BCUT2D eigenvalue weighted by molar-refractivity contribution is 5.92. The predicted octanol–water partition coefficient (Wildman–Crippen LogP) is 3.17. The van der Waals surface area contributed by atoms with Crippen molar-refractivity contribution in [2.24, 2.45) is 0 Å². The quantitative estimate of drug-likeness (QED) is 0.598. The third kappa shape index (κ3) is 4.34. The Labute approximate surface area is 169 Å². The van der Waals surface area contributed by atoms with Crippen molar-refractivity contribution in [2.75, 3.05) is 0 Å². The number of para-hydroxylation sites is 1. The molecule has 29 heavy (non-hydrogen) atoms. The highest BCUT2D eigenvalue weighted by Crippen LogP contribution is 2.22. The number of benzene rings is 1. The number of H-pyrrole nitrogens is 1. The molecular weight excluding hydrogens is 368 g/mol. The van der Waals surface area contributed by atoms with Crippen LogP contribution in [-0.4, -0.2) is 33.9 Å². The molecule has 0 aliphatic heterocycles. The number of hydrogen-bond donors (Lipinski definition) is 3. The van der Waals surface area contributed by atoms with Gasteiger partial charge in [-0.25, -0.2) is 4.98 Å². The summed E-state index contributed by atoms with van der Waals surface area (Å²) in [4.78, 5) is 32.1. The molecule has 0 saturated heterocycles. The largest absolute Gasteiger partial charge is 0.436 e. The van der Waals surface area contributed by atoms with Crippen LogP contribution in [0.3, 0.4) is 0 Å². The first-order valence-electron chi connectivity index (χ1n) is 10.1. The van der Waals surface area contributed by atoms with Gasteiger partial charge in [-0.15, -0.1) is 0 Å². The summed E-state index contributed by atoms with van der Waals surface area (Å²) in [6.07, 6.45) is 5.56. The van der Waals surface area contributed by atoms with Crippen molar-refractivity contribution in [3.05, 3.63) is 53.4 Å². The van der Waals surface area contributed by atoms with Crippen LogP contribution in [0.2, 0.25) is 0 Å². The van der Waals surface area contributed by atoms with E-state index in [0.29, 0.717) is 24.4 Å². The number of carbonyl (C=O) groups is 2. The molecule has 2 heterocycles. The van der Waals surface area contributed by atoms with Gasteiger partial charge in [0.25, 0.3) is 5.91 Å². The van der Waals surface area contributed by atoms with Gasteiger partial charge in [0.05, 0.1) is 5.69 Å². The summed E-state index contributed by atoms with van der Waals surface area (Å²) in [5.74, 6) is 0.571. The van der Waals surface area contributed by atoms with Crippen molar-refractivity contribution in [1.29, 1.82) is 0 Å². The van der Waals surface area contributed by atoms with Crippen LogP contribution in [0, 0.1) is 13.8 Å². The first kappa shape index (κ1) is 19.2. The summed E-state index contributed by atoms with van der Waals surface area (Å²) < 4.78 is 5.38. The lowest BCUT2D eigenvalue weighted by Gasteiger charge is -2.14. The third-order valence-electron chi connectivity index (χ3n) is 5.54. The smallest absolute Gasteiger partial charge is 0.289 e. The lowest BCUT2D eigenvalue weighted by Crippen LogP contribution is -2.37. The number of nitrogens with zero attached hydrogens (tertiary/aromatic N) is 1. The van der Waals surface area contributed by atoms with Gasteiger partial charge >= 0.3 is 0 Å². The fraction of sp³-hybridized carbons (Fsp3) is 0.409. The molecule has 7 heteroatoms. The highest BCUT2D eigenvalue weighted by Gasteiger charge is 2.28. The van der Waals surface area contributed by atoms with Crippen LogP contribution >= 0.6 is 0 Å². The molecule has 0 radical (unpaired) electrons. The molecule has 0 spiro atoms. The number of carbonyl (C=O) groups excluding carboxylic acids is 2. The van der Waals surface area contributed by atoms with Gasteiger partial charge in [-0.2, -0.15) is 0 Å². The van der Waals surface area contributed by atoms with Crippen LogP contribution in [0.25, 0.3) is 10.9 Å². The van der Waals surface area contributed by atoms with E-state index in [4.69, 9.17) is 4.42 Å². The van der Waals surface area contributed by atoms with E-state index in [2.05, 4.69) is 26.7 Å². The monoisotopic (exact) mass is 394 g/mol. The van der Waals surface area contributed by atoms with E-state index in [9.17, 15) is 9.59 Å². The molecule has 1 aliphatic rings. The number of fused-ring (bicyclic) bond motifs is 1. The normalized spacial score (nSPS) is 18.8. The van der Waals surface area contributed by atoms with Crippen LogP contribution in [0.1, 0.15) is 53.4 Å². The Morgan fingerprint density at radius 2 is 1.93 bits per heavy atom. The number of aromatic nitrogens is 2. The van der Waals surface area contributed by atoms with Crippen molar-refractivity contribution in [1.82, 2.24) is 20.6 Å². The minimum absolute atomic E-state index is 0.0335. The number of aromatic amines is 1. The van der Waals surface area contributed by atoms with Gasteiger partial charge in [0, 0.05) is 42.5 Å². The lowest BCUT2D eigenvalue weighted by molar-refractivity contribution is -0.121. The van der Waals surface area contributed by atoms with Crippen molar-refractivity contribution in [3.8, 4) is 0 Å². The molecule has 1 aromatic carbocycles. The molecule has 2 atom stereocenters. The molecule has 0 unspecified atom stereocenters. The lowest BCUT2D eigenvalue weighted by atomic mass is 10.1. The molecule has 152 valence electrons. The zero-order valence-electron chi connectivity index (χ0n) is 16.7. The number of hydrogen-bond acceptors (Lipinski definition) is 4. The minimum Gasteiger partial charge on any atom is -0.436 e. The first-order chi connectivity index (χ1) is 14.0. The Balaban J connectivity index is 1.25. The van der Waals surface area contributed by atoms with Crippen molar-refractivity contribution < 1.29 is 14.0 Å². The Bertz CT molecular complexity index is 1040. The maximum atomic E-state index is 12.4. The summed E-state index contributed by atoms with van der Waals surface area (Å²) in [7, 11) is 0. The van der Waals surface area contributed by atoms with Gasteiger partial charge in [0.15, 0.2) is 5.89 Å². The van der Waals surface area contributed by atoms with E-state index >= 15 is 0 Å². The standard InChI is InChI=1S/C22H26N4O3/c1-13-21(29-14(2)24-13)22(28)26-17-9-8-16(11-17)25-20(27)10-7-15-12-23-19-6-4-3-5-18(15)19/h3-6,12,16-17,23H,7-11H2,1-2H3,(H,25,27)(H,26,28)/t16-,17+/m0/s1. The maximum absolute atomic E-state index is 12.4. The van der Waals surface area contributed by atoms with E-state index < -0.39 is 0 Å². The molecule has 7 nitrogen and oxygen atoms in total. The molecule has 2 aromatic heterocycles. The van der Waals surface area contributed by atoms with E-state index in [1.165, 1.54) is 5.39 Å². The van der Waals surface area contributed by atoms with Gasteiger partial charge < -0.3 is 20.0 Å². The van der Waals surface area contributed by atoms with E-state index in [-0.39, 0.29) is 29.7 Å². The third-order valence-corrected chi connectivity index (χ3v) is 5.54. The first-order valence-corrected chi connectivity index (χ1v) is 10.1. The fourth-order valence-corrected chi connectivity index (χ4v) is 4.12. The van der Waals surface area contributed by atoms with Crippen molar-refractivity contribution in [2.45, 2.75) is 58.0 Å². The molecule has 1 fully saturated rings. The SMILES string of the molecule is Cc1nc(C)c(C(=O)N[C@@H]2CC[C@H](NC(=O)CCc3c[nH]c4ccccc34)C2)o1. The van der Waals surface area contributed by atoms with Crippen LogP contribution in [0.4, 0.5) is 0 Å². The van der Waals surface area contributed by atoms with Gasteiger partial charge in [-0.3, -0.25) is 9.59 Å². The van der Waals surface area contributed by atoms with Crippen LogP contribution < -0.4 is 10.6 Å². The van der Waals surface area contributed by atoms with Crippen molar-refractivity contribution in [3.63, 3.8) is 0 Å². The zero-order chi connectivity index (χ0) is 20.4. The number of aryl methyl sites for hydroxylation is 3. The van der Waals surface area contributed by atoms with Crippen LogP contribution in [0.15, 0.2) is 34.9 Å². The average molecular weight is 394 g/mol. The molecule has 0 bridgehead atoms. The molecule has 3 N–H and O–H groups in total. The van der Waals surface area contributed by atoms with Crippen LogP contribution in [-0.2, 0) is 11.2 Å². The Morgan fingerprint density at radius 3 is 2.69 bits per heavy atom. The molecular formula is C22H26N4O3. The van der Waals surface area contributed by atoms with Crippen molar-refractivity contribution >= 4 is 22.7 Å². The van der Waals surface area contributed by atoms with E-state index in [1.54, 1.807) is 13.8 Å². The van der Waals surface area contributed by atoms with Gasteiger partial charge in [0.2, 0.25) is 11.7 Å².